The zero-order valence-electron chi connectivity index (χ0n) is 12.2. The van der Waals surface area contributed by atoms with Crippen molar-refractivity contribution in [2.24, 2.45) is 11.7 Å². The van der Waals surface area contributed by atoms with Gasteiger partial charge in [0.2, 0.25) is 10.0 Å². The highest BCUT2D eigenvalue weighted by atomic mass is 32.2. The van der Waals surface area contributed by atoms with E-state index >= 15 is 0 Å². The first-order valence-corrected chi connectivity index (χ1v) is 8.88. The average Bonchev–Trinajstić information content (AvgIpc) is 3.31. The number of nitrogens with zero attached hydrogens (tertiary/aromatic N) is 1. The Morgan fingerprint density at radius 2 is 1.95 bits per heavy atom. The second-order valence-electron chi connectivity index (χ2n) is 6.17. The van der Waals surface area contributed by atoms with Gasteiger partial charge in [-0.15, -0.1) is 0 Å². The number of sulfonamides is 1. The minimum atomic E-state index is -3.55. The number of rotatable bonds is 6. The summed E-state index contributed by atoms with van der Waals surface area (Å²) >= 11 is 0. The molecule has 2 aliphatic rings. The average molecular weight is 312 g/mol. The number of nitrogens with two attached hydrogens (primary N) is 1. The Kier molecular flexibility index (Phi) is 3.80. The van der Waals surface area contributed by atoms with Crippen LogP contribution < -0.4 is 5.73 Å². The normalized spacial score (nSPS) is 19.2. The summed E-state index contributed by atoms with van der Waals surface area (Å²) in [4.78, 5) is 0.175. The van der Waals surface area contributed by atoms with Crippen LogP contribution in [-0.2, 0) is 16.6 Å². The van der Waals surface area contributed by atoms with E-state index in [1.807, 2.05) is 0 Å². The molecular weight excluding hydrogens is 291 g/mol. The molecule has 2 aliphatic carbocycles. The molecule has 0 radical (unpaired) electrons. The molecule has 2 fully saturated rings. The van der Waals surface area contributed by atoms with Gasteiger partial charge in [0.25, 0.3) is 0 Å². The quantitative estimate of drug-likeness (QED) is 0.875. The summed E-state index contributed by atoms with van der Waals surface area (Å²) in [6.45, 7) is 2.18. The minimum absolute atomic E-state index is 0.00207. The summed E-state index contributed by atoms with van der Waals surface area (Å²) < 4.78 is 41.2. The van der Waals surface area contributed by atoms with E-state index < -0.39 is 15.8 Å². The molecule has 0 bridgehead atoms. The third-order valence-corrected chi connectivity index (χ3v) is 6.12. The first-order valence-electron chi connectivity index (χ1n) is 7.44. The monoisotopic (exact) mass is 312 g/mol. The number of hydrogen-bond donors (Lipinski definition) is 1. The lowest BCUT2D eigenvalue weighted by molar-refractivity contribution is 0.388. The van der Waals surface area contributed by atoms with Crippen molar-refractivity contribution in [3.8, 4) is 0 Å². The highest BCUT2D eigenvalue weighted by Crippen LogP contribution is 2.38. The second kappa shape index (κ2) is 5.34. The fraction of sp³-hybridized carbons (Fsp3) is 0.600. The zero-order valence-corrected chi connectivity index (χ0v) is 13.0. The van der Waals surface area contributed by atoms with E-state index in [0.717, 1.165) is 25.7 Å². The van der Waals surface area contributed by atoms with E-state index in [2.05, 4.69) is 0 Å². The smallest absolute Gasteiger partial charge is 0.243 e. The van der Waals surface area contributed by atoms with Crippen LogP contribution >= 0.6 is 0 Å². The van der Waals surface area contributed by atoms with Gasteiger partial charge in [-0.2, -0.15) is 4.31 Å². The molecule has 0 atom stereocenters. The van der Waals surface area contributed by atoms with E-state index in [1.54, 1.807) is 11.2 Å². The summed E-state index contributed by atoms with van der Waals surface area (Å²) in [5, 5.41) is 0. The van der Waals surface area contributed by atoms with Gasteiger partial charge < -0.3 is 5.73 Å². The van der Waals surface area contributed by atoms with Crippen LogP contribution in [0.4, 0.5) is 4.39 Å². The van der Waals surface area contributed by atoms with Crippen LogP contribution in [0.25, 0.3) is 0 Å². The Labute approximate surface area is 125 Å². The van der Waals surface area contributed by atoms with Gasteiger partial charge in [-0.25, -0.2) is 12.8 Å². The van der Waals surface area contributed by atoms with Crippen LogP contribution in [0.1, 0.15) is 36.8 Å². The molecule has 0 aliphatic heterocycles. The van der Waals surface area contributed by atoms with Crippen molar-refractivity contribution in [2.45, 2.75) is 50.1 Å². The highest BCUT2D eigenvalue weighted by molar-refractivity contribution is 7.89. The summed E-state index contributed by atoms with van der Waals surface area (Å²) in [5.74, 6) is 0.0903. The number of hydrogen-bond acceptors (Lipinski definition) is 3. The molecule has 1 aromatic rings. The Morgan fingerprint density at radius 1 is 1.29 bits per heavy atom. The Hall–Kier alpha value is -0.980. The lowest BCUT2D eigenvalue weighted by Crippen LogP contribution is -2.35. The van der Waals surface area contributed by atoms with Gasteiger partial charge in [0.05, 0.1) is 4.90 Å². The summed E-state index contributed by atoms with van der Waals surface area (Å²) in [5.41, 5.74) is 6.11. The number of benzene rings is 1. The molecular formula is C15H21FN2O2S. The molecule has 0 amide bonds. The molecule has 0 unspecified atom stereocenters. The topological polar surface area (TPSA) is 63.4 Å². The predicted octanol–water partition coefficient (Wildman–Crippen LogP) is 2.16. The maximum Gasteiger partial charge on any atom is 0.243 e. The molecule has 6 heteroatoms. The van der Waals surface area contributed by atoms with Crippen molar-refractivity contribution in [2.75, 3.05) is 6.54 Å². The largest absolute Gasteiger partial charge is 0.326 e. The van der Waals surface area contributed by atoms with Gasteiger partial charge in [0.1, 0.15) is 5.82 Å². The molecule has 1 aromatic carbocycles. The molecule has 0 spiro atoms. The van der Waals surface area contributed by atoms with Crippen molar-refractivity contribution >= 4 is 10.0 Å². The Bertz CT molecular complexity index is 652. The van der Waals surface area contributed by atoms with Crippen LogP contribution in [0.3, 0.4) is 0 Å². The lowest BCUT2D eigenvalue weighted by atomic mass is 10.1. The molecule has 3 rings (SSSR count). The van der Waals surface area contributed by atoms with E-state index in [9.17, 15) is 12.8 Å². The first kappa shape index (κ1) is 14.9. The molecule has 21 heavy (non-hydrogen) atoms. The number of halogens is 1. The van der Waals surface area contributed by atoms with Crippen molar-refractivity contribution in [1.82, 2.24) is 4.31 Å². The summed E-state index contributed by atoms with van der Waals surface area (Å²) in [7, 11) is -3.55. The second-order valence-corrected chi connectivity index (χ2v) is 8.06. The maximum absolute atomic E-state index is 13.9. The van der Waals surface area contributed by atoms with Crippen LogP contribution in [0.2, 0.25) is 0 Å². The van der Waals surface area contributed by atoms with Crippen LogP contribution in [0.15, 0.2) is 17.0 Å². The van der Waals surface area contributed by atoms with Crippen molar-refractivity contribution in [3.05, 3.63) is 29.1 Å². The van der Waals surface area contributed by atoms with E-state index in [4.69, 9.17) is 5.73 Å². The van der Waals surface area contributed by atoms with E-state index in [1.165, 1.54) is 12.1 Å². The Balaban J connectivity index is 1.97. The molecule has 2 N–H and O–H groups in total. The van der Waals surface area contributed by atoms with Crippen LogP contribution in [0.5, 0.6) is 0 Å². The predicted molar refractivity (Wildman–Crippen MR) is 78.7 cm³/mol. The van der Waals surface area contributed by atoms with Gasteiger partial charge in [0.15, 0.2) is 0 Å². The third-order valence-electron chi connectivity index (χ3n) is 4.22. The van der Waals surface area contributed by atoms with Gasteiger partial charge in [-0.3, -0.25) is 0 Å². The van der Waals surface area contributed by atoms with Gasteiger partial charge >= 0.3 is 0 Å². The maximum atomic E-state index is 13.9. The summed E-state index contributed by atoms with van der Waals surface area (Å²) in [6.07, 6.45) is 4.07. The molecule has 116 valence electrons. The molecule has 4 nitrogen and oxygen atoms in total. The van der Waals surface area contributed by atoms with Gasteiger partial charge in [-0.1, -0.05) is 0 Å². The van der Waals surface area contributed by atoms with Crippen molar-refractivity contribution in [3.63, 3.8) is 0 Å². The molecule has 0 aromatic heterocycles. The van der Waals surface area contributed by atoms with Gasteiger partial charge in [0, 0.05) is 24.7 Å². The first-order chi connectivity index (χ1) is 9.93. The molecule has 0 saturated heterocycles. The molecule has 2 saturated carbocycles. The van der Waals surface area contributed by atoms with Crippen LogP contribution in [0, 0.1) is 18.7 Å². The highest BCUT2D eigenvalue weighted by Gasteiger charge is 2.41. The van der Waals surface area contributed by atoms with Crippen molar-refractivity contribution < 1.29 is 12.8 Å². The van der Waals surface area contributed by atoms with E-state index in [0.29, 0.717) is 18.0 Å². The SMILES string of the molecule is Cc1cc(S(=O)(=O)N(CC2CC2)C2CC2)cc(CN)c1F. The zero-order chi connectivity index (χ0) is 15.2. The fourth-order valence-electron chi connectivity index (χ4n) is 2.60. The molecule has 0 heterocycles. The lowest BCUT2D eigenvalue weighted by Gasteiger charge is -2.22. The fourth-order valence-corrected chi connectivity index (χ4v) is 4.50. The minimum Gasteiger partial charge on any atom is -0.326 e. The van der Waals surface area contributed by atoms with Crippen molar-refractivity contribution in [1.29, 1.82) is 0 Å². The van der Waals surface area contributed by atoms with Crippen LogP contribution in [-0.4, -0.2) is 25.3 Å². The standard InChI is InChI=1S/C15H21FN2O2S/c1-10-6-14(7-12(8-17)15(10)16)21(19,20)18(13-4-5-13)9-11-2-3-11/h6-7,11,13H,2-5,8-9,17H2,1H3. The van der Waals surface area contributed by atoms with Gasteiger partial charge in [-0.05, 0) is 56.2 Å². The number of aryl methyl sites for hydroxylation is 1. The van der Waals surface area contributed by atoms with E-state index in [-0.39, 0.29) is 23.0 Å². The summed E-state index contributed by atoms with van der Waals surface area (Å²) in [6, 6.07) is 2.94. The third kappa shape index (κ3) is 2.98. The Morgan fingerprint density at radius 3 is 2.48 bits per heavy atom.